The van der Waals surface area contributed by atoms with Crippen molar-refractivity contribution in [2.24, 2.45) is 5.92 Å². The number of benzene rings is 1. The molecule has 2 rings (SSSR count). The Labute approximate surface area is 92.1 Å². The summed E-state index contributed by atoms with van der Waals surface area (Å²) in [6.45, 7) is 4.18. The van der Waals surface area contributed by atoms with Gasteiger partial charge in [-0.15, -0.1) is 0 Å². The Morgan fingerprint density at radius 2 is 2.07 bits per heavy atom. The van der Waals surface area contributed by atoms with Crippen molar-refractivity contribution in [1.29, 1.82) is 0 Å². The fourth-order valence-electron chi connectivity index (χ4n) is 2.37. The summed E-state index contributed by atoms with van der Waals surface area (Å²) in [6.07, 6.45) is 4.66. The molecule has 1 heteroatoms. The van der Waals surface area contributed by atoms with Crippen LogP contribution >= 0.6 is 0 Å². The molecule has 1 aromatic rings. The smallest absolute Gasteiger partial charge is 0.0795 e. The minimum absolute atomic E-state index is 0.254. The molecule has 1 nitrogen and oxygen atoms in total. The van der Waals surface area contributed by atoms with Gasteiger partial charge in [0.25, 0.3) is 0 Å². The number of aryl methyl sites for hydroxylation is 2. The van der Waals surface area contributed by atoms with Crippen LogP contribution in [-0.2, 0) is 0 Å². The molecule has 0 amide bonds. The van der Waals surface area contributed by atoms with Gasteiger partial charge in [0.05, 0.1) is 6.10 Å². The van der Waals surface area contributed by atoms with Crippen molar-refractivity contribution in [3.8, 4) is 0 Å². The fraction of sp³-hybridized carbons (Fsp3) is 0.571. The minimum atomic E-state index is -0.254. The van der Waals surface area contributed by atoms with Gasteiger partial charge < -0.3 is 5.11 Å². The van der Waals surface area contributed by atoms with Crippen LogP contribution in [0.3, 0.4) is 0 Å². The Hall–Kier alpha value is -0.820. The van der Waals surface area contributed by atoms with Gasteiger partial charge in [0.15, 0.2) is 0 Å². The number of aliphatic hydroxyl groups is 1. The van der Waals surface area contributed by atoms with Gasteiger partial charge in [0, 0.05) is 0 Å². The molecule has 1 saturated carbocycles. The van der Waals surface area contributed by atoms with Gasteiger partial charge in [-0.3, -0.25) is 0 Å². The molecule has 15 heavy (non-hydrogen) atoms. The Morgan fingerprint density at radius 1 is 1.33 bits per heavy atom. The summed E-state index contributed by atoms with van der Waals surface area (Å²) in [7, 11) is 0. The Balaban J connectivity index is 2.06. The molecule has 82 valence electrons. The predicted molar refractivity (Wildman–Crippen MR) is 62.8 cm³/mol. The first kappa shape index (κ1) is 10.7. The van der Waals surface area contributed by atoms with Crippen molar-refractivity contribution in [1.82, 2.24) is 0 Å². The van der Waals surface area contributed by atoms with Crippen molar-refractivity contribution < 1.29 is 5.11 Å². The molecule has 0 spiro atoms. The summed E-state index contributed by atoms with van der Waals surface area (Å²) in [4.78, 5) is 0. The highest BCUT2D eigenvalue weighted by atomic mass is 16.3. The first-order valence-electron chi connectivity index (χ1n) is 5.92. The molecular formula is C14H20O. The quantitative estimate of drug-likeness (QED) is 0.798. The highest BCUT2D eigenvalue weighted by Gasteiger charge is 2.22. The van der Waals surface area contributed by atoms with Gasteiger partial charge >= 0.3 is 0 Å². The predicted octanol–water partition coefficient (Wildman–Crippen LogP) is 3.53. The number of rotatable bonds is 3. The van der Waals surface area contributed by atoms with Crippen molar-refractivity contribution in [2.75, 3.05) is 0 Å². The lowest BCUT2D eigenvalue weighted by atomic mass is 9.80. The van der Waals surface area contributed by atoms with E-state index in [0.29, 0.717) is 0 Å². The number of hydrogen-bond acceptors (Lipinski definition) is 1. The lowest BCUT2D eigenvalue weighted by Crippen LogP contribution is -2.15. The van der Waals surface area contributed by atoms with Crippen LogP contribution in [0.15, 0.2) is 18.2 Å². The van der Waals surface area contributed by atoms with Gasteiger partial charge in [-0.05, 0) is 37.3 Å². The van der Waals surface area contributed by atoms with Gasteiger partial charge in [-0.2, -0.15) is 0 Å². The third kappa shape index (κ3) is 2.40. The van der Waals surface area contributed by atoms with Gasteiger partial charge in [0.1, 0.15) is 0 Å². The van der Waals surface area contributed by atoms with E-state index < -0.39 is 0 Å². The zero-order valence-corrected chi connectivity index (χ0v) is 9.66. The summed E-state index contributed by atoms with van der Waals surface area (Å²) < 4.78 is 0. The summed E-state index contributed by atoms with van der Waals surface area (Å²) in [5.41, 5.74) is 3.61. The Bertz CT molecular complexity index is 339. The summed E-state index contributed by atoms with van der Waals surface area (Å²) >= 11 is 0. The zero-order chi connectivity index (χ0) is 10.8. The maximum absolute atomic E-state index is 10.1. The van der Waals surface area contributed by atoms with E-state index in [9.17, 15) is 5.11 Å². The molecule has 1 atom stereocenters. The molecule has 0 aliphatic heterocycles. The highest BCUT2D eigenvalue weighted by Crippen LogP contribution is 2.35. The molecule has 1 aliphatic rings. The van der Waals surface area contributed by atoms with Crippen LogP contribution in [0.4, 0.5) is 0 Å². The Morgan fingerprint density at radius 3 is 2.60 bits per heavy atom. The third-order valence-electron chi connectivity index (χ3n) is 3.57. The van der Waals surface area contributed by atoms with Crippen LogP contribution in [0, 0.1) is 19.8 Å². The van der Waals surface area contributed by atoms with Crippen LogP contribution in [-0.4, -0.2) is 5.11 Å². The molecule has 1 unspecified atom stereocenters. The SMILES string of the molecule is Cc1ccc(C(O)CC2CCC2)c(C)c1. The minimum Gasteiger partial charge on any atom is -0.388 e. The van der Waals surface area contributed by atoms with Crippen LogP contribution < -0.4 is 0 Å². The lowest BCUT2D eigenvalue weighted by Gasteiger charge is -2.28. The lowest BCUT2D eigenvalue weighted by molar-refractivity contribution is 0.118. The second-order valence-electron chi connectivity index (χ2n) is 4.91. The second kappa shape index (κ2) is 4.36. The van der Waals surface area contributed by atoms with Gasteiger partial charge in [-0.25, -0.2) is 0 Å². The van der Waals surface area contributed by atoms with E-state index >= 15 is 0 Å². The highest BCUT2D eigenvalue weighted by molar-refractivity contribution is 5.31. The van der Waals surface area contributed by atoms with Crippen molar-refractivity contribution in [3.63, 3.8) is 0 Å². The summed E-state index contributed by atoms with van der Waals surface area (Å²) in [5.74, 6) is 0.765. The van der Waals surface area contributed by atoms with Crippen LogP contribution in [0.2, 0.25) is 0 Å². The summed E-state index contributed by atoms with van der Waals surface area (Å²) in [6, 6.07) is 6.32. The van der Waals surface area contributed by atoms with E-state index in [1.165, 1.54) is 30.4 Å². The number of aliphatic hydroxyl groups excluding tert-OH is 1. The average Bonchev–Trinajstić information content (AvgIpc) is 2.11. The van der Waals surface area contributed by atoms with Gasteiger partial charge in [0.2, 0.25) is 0 Å². The van der Waals surface area contributed by atoms with E-state index in [2.05, 4.69) is 32.0 Å². The molecule has 1 aromatic carbocycles. The van der Waals surface area contributed by atoms with Crippen LogP contribution in [0.25, 0.3) is 0 Å². The third-order valence-corrected chi connectivity index (χ3v) is 3.57. The van der Waals surface area contributed by atoms with Crippen LogP contribution in [0.1, 0.15) is 48.5 Å². The molecule has 0 saturated heterocycles. The first-order valence-corrected chi connectivity index (χ1v) is 5.92. The van der Waals surface area contributed by atoms with E-state index in [1.54, 1.807) is 0 Å². The second-order valence-corrected chi connectivity index (χ2v) is 4.91. The maximum Gasteiger partial charge on any atom is 0.0795 e. The van der Waals surface area contributed by atoms with E-state index in [1.807, 2.05) is 0 Å². The normalized spacial score (nSPS) is 18.6. The van der Waals surface area contributed by atoms with E-state index in [-0.39, 0.29) is 6.10 Å². The van der Waals surface area contributed by atoms with Crippen molar-refractivity contribution in [3.05, 3.63) is 34.9 Å². The Kier molecular flexibility index (Phi) is 3.11. The van der Waals surface area contributed by atoms with Crippen molar-refractivity contribution >= 4 is 0 Å². The molecular weight excluding hydrogens is 184 g/mol. The van der Waals surface area contributed by atoms with E-state index in [4.69, 9.17) is 0 Å². The molecule has 1 fully saturated rings. The monoisotopic (exact) mass is 204 g/mol. The standard InChI is InChI=1S/C14H20O/c1-10-6-7-13(11(2)8-10)14(15)9-12-4-3-5-12/h6-8,12,14-15H,3-5,9H2,1-2H3. The topological polar surface area (TPSA) is 20.2 Å². The molecule has 1 aliphatic carbocycles. The van der Waals surface area contributed by atoms with E-state index in [0.717, 1.165) is 17.9 Å². The number of hydrogen-bond donors (Lipinski definition) is 1. The summed E-state index contributed by atoms with van der Waals surface area (Å²) in [5, 5.41) is 10.1. The zero-order valence-electron chi connectivity index (χ0n) is 9.66. The fourth-order valence-corrected chi connectivity index (χ4v) is 2.37. The first-order chi connectivity index (χ1) is 7.16. The van der Waals surface area contributed by atoms with Gasteiger partial charge in [-0.1, -0.05) is 43.0 Å². The molecule has 0 bridgehead atoms. The molecule has 0 heterocycles. The van der Waals surface area contributed by atoms with Crippen molar-refractivity contribution in [2.45, 2.75) is 45.6 Å². The largest absolute Gasteiger partial charge is 0.388 e. The molecule has 0 aromatic heterocycles. The maximum atomic E-state index is 10.1. The molecule has 1 N–H and O–H groups in total. The van der Waals surface area contributed by atoms with Crippen LogP contribution in [0.5, 0.6) is 0 Å². The average molecular weight is 204 g/mol. The molecule has 0 radical (unpaired) electrons.